The fourth-order valence-corrected chi connectivity index (χ4v) is 2.72. The summed E-state index contributed by atoms with van der Waals surface area (Å²) in [5, 5.41) is 2.66. The molecule has 0 heterocycles. The molecule has 0 radical (unpaired) electrons. The predicted molar refractivity (Wildman–Crippen MR) is 80.6 cm³/mol. The quantitative estimate of drug-likeness (QED) is 0.889. The lowest BCUT2D eigenvalue weighted by Gasteiger charge is -2.31. The Bertz CT molecular complexity index is 481. The van der Waals surface area contributed by atoms with Crippen molar-refractivity contribution >= 4 is 18.3 Å². The first-order valence-electron chi connectivity index (χ1n) is 7.05. The van der Waals surface area contributed by atoms with Gasteiger partial charge in [-0.1, -0.05) is 36.8 Å². The highest BCUT2D eigenvalue weighted by Crippen LogP contribution is 2.37. The van der Waals surface area contributed by atoms with Crippen molar-refractivity contribution < 1.29 is 18.0 Å². The van der Waals surface area contributed by atoms with Crippen molar-refractivity contribution in [2.45, 2.75) is 43.9 Å². The van der Waals surface area contributed by atoms with Crippen LogP contribution in [0.15, 0.2) is 30.3 Å². The van der Waals surface area contributed by atoms with Crippen molar-refractivity contribution in [3.63, 3.8) is 0 Å². The number of rotatable bonds is 3. The number of carbonyl (C=O) groups excluding carboxylic acids is 1. The molecule has 7 heteroatoms. The van der Waals surface area contributed by atoms with E-state index in [0.717, 1.165) is 0 Å². The second kappa shape index (κ2) is 7.83. The lowest BCUT2D eigenvalue weighted by Crippen LogP contribution is -2.44. The summed E-state index contributed by atoms with van der Waals surface area (Å²) < 4.78 is 38.2. The van der Waals surface area contributed by atoms with Crippen LogP contribution < -0.4 is 11.1 Å². The number of hydrogen-bond acceptors (Lipinski definition) is 2. The molecule has 0 bridgehead atoms. The van der Waals surface area contributed by atoms with Crippen LogP contribution in [-0.2, 0) is 4.79 Å². The molecular weight excluding hydrogens is 317 g/mol. The molecule has 2 rings (SSSR count). The average molecular weight is 337 g/mol. The smallest absolute Gasteiger partial charge is 0.352 e. The zero-order valence-corrected chi connectivity index (χ0v) is 12.8. The highest BCUT2D eigenvalue weighted by molar-refractivity contribution is 5.85. The Morgan fingerprint density at radius 2 is 1.86 bits per heavy atom. The summed E-state index contributed by atoms with van der Waals surface area (Å²) in [5.74, 6) is -1.75. The molecule has 0 aromatic heterocycles. The summed E-state index contributed by atoms with van der Waals surface area (Å²) in [6.45, 7) is 0. The maximum absolute atomic E-state index is 12.7. The van der Waals surface area contributed by atoms with Crippen molar-refractivity contribution in [2.24, 2.45) is 11.7 Å². The monoisotopic (exact) mass is 336 g/mol. The molecule has 1 saturated carbocycles. The third-order valence-electron chi connectivity index (χ3n) is 3.92. The minimum atomic E-state index is -4.19. The molecule has 1 fully saturated rings. The van der Waals surface area contributed by atoms with Gasteiger partial charge in [0.05, 0.1) is 5.92 Å². The normalized spacial score (nSPS) is 23.3. The van der Waals surface area contributed by atoms with Gasteiger partial charge in [0.15, 0.2) is 0 Å². The summed E-state index contributed by atoms with van der Waals surface area (Å²) in [7, 11) is 0. The van der Waals surface area contributed by atoms with Gasteiger partial charge in [0.25, 0.3) is 0 Å². The summed E-state index contributed by atoms with van der Waals surface area (Å²) in [4.78, 5) is 12.1. The highest BCUT2D eigenvalue weighted by Gasteiger charge is 2.42. The molecule has 1 amide bonds. The SMILES string of the molecule is Cl.NC(C(=O)NC1CCCC(C(F)(F)F)C1)c1ccccc1. The van der Waals surface area contributed by atoms with Crippen LogP contribution in [0.25, 0.3) is 0 Å². The van der Waals surface area contributed by atoms with Gasteiger partial charge in [-0.25, -0.2) is 0 Å². The molecule has 1 aromatic rings. The van der Waals surface area contributed by atoms with Crippen LogP contribution in [0.2, 0.25) is 0 Å². The standard InChI is InChI=1S/C15H19F3N2O.ClH/c16-15(17,18)11-7-4-8-12(9-11)20-14(21)13(19)10-5-2-1-3-6-10;/h1-3,5-6,11-13H,4,7-9,19H2,(H,20,21);1H. The molecule has 3 N–H and O–H groups in total. The van der Waals surface area contributed by atoms with E-state index in [1.165, 1.54) is 0 Å². The Kier molecular flexibility index (Phi) is 6.68. The molecule has 22 heavy (non-hydrogen) atoms. The van der Waals surface area contributed by atoms with E-state index in [4.69, 9.17) is 5.73 Å². The largest absolute Gasteiger partial charge is 0.391 e. The van der Waals surface area contributed by atoms with Crippen LogP contribution in [-0.4, -0.2) is 18.1 Å². The lowest BCUT2D eigenvalue weighted by atomic mass is 9.85. The van der Waals surface area contributed by atoms with E-state index in [1.54, 1.807) is 24.3 Å². The molecule has 1 aliphatic rings. The lowest BCUT2D eigenvalue weighted by molar-refractivity contribution is -0.184. The number of halogens is 4. The minimum Gasteiger partial charge on any atom is -0.352 e. The van der Waals surface area contributed by atoms with Crippen LogP contribution in [0, 0.1) is 5.92 Å². The topological polar surface area (TPSA) is 55.1 Å². The van der Waals surface area contributed by atoms with E-state index < -0.39 is 30.1 Å². The van der Waals surface area contributed by atoms with E-state index in [0.29, 0.717) is 18.4 Å². The zero-order chi connectivity index (χ0) is 15.5. The van der Waals surface area contributed by atoms with Crippen LogP contribution in [0.3, 0.4) is 0 Å². The van der Waals surface area contributed by atoms with Crippen molar-refractivity contribution in [1.82, 2.24) is 5.32 Å². The molecule has 1 aromatic carbocycles. The third kappa shape index (κ3) is 4.88. The van der Waals surface area contributed by atoms with Gasteiger partial charge in [0.2, 0.25) is 5.91 Å². The van der Waals surface area contributed by atoms with Crippen LogP contribution in [0.1, 0.15) is 37.3 Å². The predicted octanol–water partition coefficient (Wildman–Crippen LogP) is 3.35. The van der Waals surface area contributed by atoms with E-state index in [1.807, 2.05) is 6.07 Å². The molecule has 3 unspecified atom stereocenters. The Hall–Kier alpha value is -1.27. The minimum absolute atomic E-state index is 0. The third-order valence-corrected chi connectivity index (χ3v) is 3.92. The number of benzene rings is 1. The first-order chi connectivity index (χ1) is 9.88. The molecule has 3 nitrogen and oxygen atoms in total. The van der Waals surface area contributed by atoms with Gasteiger partial charge in [0.1, 0.15) is 6.04 Å². The molecule has 0 saturated heterocycles. The fraction of sp³-hybridized carbons (Fsp3) is 0.533. The number of amides is 1. The summed E-state index contributed by atoms with van der Waals surface area (Å²) in [6, 6.07) is 7.49. The summed E-state index contributed by atoms with van der Waals surface area (Å²) in [6.07, 6.45) is -3.07. The molecule has 0 spiro atoms. The van der Waals surface area contributed by atoms with Gasteiger partial charge in [-0.3, -0.25) is 4.79 Å². The molecule has 124 valence electrons. The van der Waals surface area contributed by atoms with Gasteiger partial charge in [-0.05, 0) is 24.8 Å². The number of alkyl halides is 3. The van der Waals surface area contributed by atoms with E-state index in [9.17, 15) is 18.0 Å². The second-order valence-electron chi connectivity index (χ2n) is 5.50. The Balaban J connectivity index is 0.00000242. The van der Waals surface area contributed by atoms with Crippen molar-refractivity contribution in [1.29, 1.82) is 0 Å². The number of nitrogens with one attached hydrogen (secondary N) is 1. The van der Waals surface area contributed by atoms with Crippen molar-refractivity contribution in [2.75, 3.05) is 0 Å². The second-order valence-corrected chi connectivity index (χ2v) is 5.50. The van der Waals surface area contributed by atoms with Gasteiger partial charge in [-0.2, -0.15) is 13.2 Å². The summed E-state index contributed by atoms with van der Waals surface area (Å²) in [5.41, 5.74) is 6.49. The zero-order valence-electron chi connectivity index (χ0n) is 12.0. The van der Waals surface area contributed by atoms with Gasteiger partial charge in [0, 0.05) is 6.04 Å². The van der Waals surface area contributed by atoms with Gasteiger partial charge >= 0.3 is 6.18 Å². The fourth-order valence-electron chi connectivity index (χ4n) is 2.72. The van der Waals surface area contributed by atoms with E-state index in [-0.39, 0.29) is 25.2 Å². The Morgan fingerprint density at radius 3 is 2.45 bits per heavy atom. The Morgan fingerprint density at radius 1 is 1.23 bits per heavy atom. The Labute approximate surface area is 133 Å². The van der Waals surface area contributed by atoms with Crippen molar-refractivity contribution in [3.8, 4) is 0 Å². The molecular formula is C15H20ClF3N2O. The van der Waals surface area contributed by atoms with Gasteiger partial charge < -0.3 is 11.1 Å². The van der Waals surface area contributed by atoms with Gasteiger partial charge in [-0.15, -0.1) is 12.4 Å². The van der Waals surface area contributed by atoms with E-state index >= 15 is 0 Å². The maximum atomic E-state index is 12.7. The molecule has 0 aliphatic heterocycles. The van der Waals surface area contributed by atoms with E-state index in [2.05, 4.69) is 5.32 Å². The number of hydrogen-bond donors (Lipinski definition) is 2. The first kappa shape index (κ1) is 18.8. The molecule has 1 aliphatic carbocycles. The van der Waals surface area contributed by atoms with Crippen LogP contribution >= 0.6 is 12.4 Å². The van der Waals surface area contributed by atoms with Crippen LogP contribution in [0.5, 0.6) is 0 Å². The average Bonchev–Trinajstić information content (AvgIpc) is 2.47. The number of carbonyl (C=O) groups is 1. The highest BCUT2D eigenvalue weighted by atomic mass is 35.5. The molecule has 3 atom stereocenters. The van der Waals surface area contributed by atoms with Crippen LogP contribution in [0.4, 0.5) is 13.2 Å². The summed E-state index contributed by atoms with van der Waals surface area (Å²) >= 11 is 0. The maximum Gasteiger partial charge on any atom is 0.391 e. The number of nitrogens with two attached hydrogens (primary N) is 1. The first-order valence-corrected chi connectivity index (χ1v) is 7.05. The van der Waals surface area contributed by atoms with Crippen molar-refractivity contribution in [3.05, 3.63) is 35.9 Å².